The van der Waals surface area contributed by atoms with E-state index in [9.17, 15) is 5.11 Å². The predicted molar refractivity (Wildman–Crippen MR) is 69.9 cm³/mol. The Morgan fingerprint density at radius 3 is 2.76 bits per heavy atom. The number of hydrogen-bond acceptors (Lipinski definition) is 4. The van der Waals surface area contributed by atoms with Gasteiger partial charge in [0.15, 0.2) is 5.16 Å². The third-order valence-electron chi connectivity index (χ3n) is 2.30. The molecule has 1 atom stereocenters. The molecule has 1 heterocycles. The Morgan fingerprint density at radius 1 is 1.47 bits per heavy atom. The molecule has 4 nitrogen and oxygen atoms in total. The fourth-order valence-electron chi connectivity index (χ4n) is 1.39. The molecule has 0 saturated heterocycles. The highest BCUT2D eigenvalue weighted by Crippen LogP contribution is 2.31. The van der Waals surface area contributed by atoms with Gasteiger partial charge in [-0.1, -0.05) is 33.8 Å². The molecule has 0 spiro atoms. The second-order valence-corrected chi connectivity index (χ2v) is 5.52. The molecule has 0 aliphatic heterocycles. The highest BCUT2D eigenvalue weighted by molar-refractivity contribution is 9.10. The maximum absolute atomic E-state index is 9.53. The van der Waals surface area contributed by atoms with Crippen molar-refractivity contribution in [3.8, 4) is 0 Å². The van der Waals surface area contributed by atoms with Crippen molar-refractivity contribution in [2.45, 2.75) is 23.1 Å². The molecule has 1 aromatic carbocycles. The second-order valence-electron chi connectivity index (χ2n) is 3.63. The van der Waals surface area contributed by atoms with Crippen LogP contribution in [-0.2, 0) is 7.05 Å². The topological polar surface area (TPSA) is 50.9 Å². The first-order valence-electron chi connectivity index (χ1n) is 5.07. The van der Waals surface area contributed by atoms with Crippen molar-refractivity contribution in [2.24, 2.45) is 7.05 Å². The average molecular weight is 314 g/mol. The summed E-state index contributed by atoms with van der Waals surface area (Å²) < 4.78 is 2.63. The Morgan fingerprint density at radius 2 is 2.24 bits per heavy atom. The van der Waals surface area contributed by atoms with Gasteiger partial charge in [0.05, 0.1) is 6.10 Å². The summed E-state index contributed by atoms with van der Waals surface area (Å²) in [6.07, 6.45) is 1.06. The van der Waals surface area contributed by atoms with Crippen LogP contribution in [0.3, 0.4) is 0 Å². The van der Waals surface area contributed by atoms with Crippen molar-refractivity contribution in [3.05, 3.63) is 34.6 Å². The minimum absolute atomic E-state index is 0.474. The lowest BCUT2D eigenvalue weighted by atomic mass is 10.1. The molecule has 0 amide bonds. The Hall–Kier alpha value is -0.850. The van der Waals surface area contributed by atoms with Crippen LogP contribution in [0.15, 0.2) is 39.1 Å². The highest BCUT2D eigenvalue weighted by atomic mass is 79.9. The molecular formula is C11H12BrN3OS. The van der Waals surface area contributed by atoms with E-state index in [0.29, 0.717) is 0 Å². The molecule has 2 aromatic rings. The molecular weight excluding hydrogens is 302 g/mol. The number of aliphatic hydroxyl groups excluding tert-OH is 1. The molecule has 0 bridgehead atoms. The van der Waals surface area contributed by atoms with Gasteiger partial charge < -0.3 is 5.11 Å². The number of nitrogens with zero attached hydrogens (tertiary/aromatic N) is 3. The SMILES string of the molecule is CC(O)c1ccc(Sc2ncnn2C)cc1Br. The first-order valence-corrected chi connectivity index (χ1v) is 6.68. The first-order chi connectivity index (χ1) is 8.08. The molecule has 1 unspecified atom stereocenters. The molecule has 0 aliphatic carbocycles. The lowest BCUT2D eigenvalue weighted by Crippen LogP contribution is -1.94. The molecule has 90 valence electrons. The fourth-order valence-corrected chi connectivity index (χ4v) is 3.06. The minimum atomic E-state index is -0.474. The zero-order valence-corrected chi connectivity index (χ0v) is 11.9. The van der Waals surface area contributed by atoms with Gasteiger partial charge in [-0.25, -0.2) is 9.67 Å². The number of aliphatic hydroxyl groups is 1. The summed E-state index contributed by atoms with van der Waals surface area (Å²) in [7, 11) is 1.86. The van der Waals surface area contributed by atoms with Crippen molar-refractivity contribution >= 4 is 27.7 Å². The highest BCUT2D eigenvalue weighted by Gasteiger charge is 2.09. The van der Waals surface area contributed by atoms with Crippen LogP contribution in [0.5, 0.6) is 0 Å². The Labute approximate surface area is 112 Å². The Kier molecular flexibility index (Phi) is 3.86. The van der Waals surface area contributed by atoms with Crippen LogP contribution >= 0.6 is 27.7 Å². The van der Waals surface area contributed by atoms with E-state index < -0.39 is 6.10 Å². The summed E-state index contributed by atoms with van der Waals surface area (Å²) in [6, 6.07) is 5.85. The van der Waals surface area contributed by atoms with Crippen LogP contribution < -0.4 is 0 Å². The quantitative estimate of drug-likeness (QED) is 0.946. The van der Waals surface area contributed by atoms with Crippen LogP contribution in [-0.4, -0.2) is 19.9 Å². The summed E-state index contributed by atoms with van der Waals surface area (Å²) in [6.45, 7) is 1.75. The summed E-state index contributed by atoms with van der Waals surface area (Å²) in [5, 5.41) is 14.4. The third-order valence-corrected chi connectivity index (χ3v) is 4.03. The van der Waals surface area contributed by atoms with Crippen LogP contribution in [0.4, 0.5) is 0 Å². The summed E-state index contributed by atoms with van der Waals surface area (Å²) in [5.41, 5.74) is 0.882. The fraction of sp³-hybridized carbons (Fsp3) is 0.273. The molecule has 0 fully saturated rings. The van der Waals surface area contributed by atoms with Gasteiger partial charge in [-0.15, -0.1) is 0 Å². The number of benzene rings is 1. The van der Waals surface area contributed by atoms with E-state index in [1.165, 1.54) is 18.1 Å². The van der Waals surface area contributed by atoms with Gasteiger partial charge in [-0.3, -0.25) is 0 Å². The van der Waals surface area contributed by atoms with Crippen LogP contribution in [0.25, 0.3) is 0 Å². The smallest absolute Gasteiger partial charge is 0.190 e. The zero-order valence-electron chi connectivity index (χ0n) is 9.46. The number of aromatic nitrogens is 3. The summed E-state index contributed by atoms with van der Waals surface area (Å²) in [4.78, 5) is 5.20. The standard InChI is InChI=1S/C11H12BrN3OS/c1-7(16)9-4-3-8(5-10(9)12)17-11-13-6-14-15(11)2/h3-7,16H,1-2H3. The Bertz CT molecular complexity index is 527. The summed E-state index contributed by atoms with van der Waals surface area (Å²) >= 11 is 4.99. The van der Waals surface area contributed by atoms with E-state index in [1.807, 2.05) is 25.2 Å². The van der Waals surface area contributed by atoms with E-state index in [-0.39, 0.29) is 0 Å². The van der Waals surface area contributed by atoms with Gasteiger partial charge >= 0.3 is 0 Å². The zero-order chi connectivity index (χ0) is 12.4. The second kappa shape index (κ2) is 5.20. The molecule has 0 radical (unpaired) electrons. The molecule has 1 aromatic heterocycles. The van der Waals surface area contributed by atoms with E-state index in [0.717, 1.165) is 20.1 Å². The van der Waals surface area contributed by atoms with Gasteiger partial charge in [-0.2, -0.15) is 5.10 Å². The maximum Gasteiger partial charge on any atom is 0.190 e. The predicted octanol–water partition coefficient (Wildman–Crippen LogP) is 2.78. The van der Waals surface area contributed by atoms with Crippen molar-refractivity contribution in [1.82, 2.24) is 14.8 Å². The maximum atomic E-state index is 9.53. The number of hydrogen-bond donors (Lipinski definition) is 1. The summed E-state index contributed by atoms with van der Waals surface area (Å²) in [5.74, 6) is 0. The molecule has 17 heavy (non-hydrogen) atoms. The van der Waals surface area contributed by atoms with Crippen molar-refractivity contribution < 1.29 is 5.11 Å². The largest absolute Gasteiger partial charge is 0.389 e. The van der Waals surface area contributed by atoms with Gasteiger partial charge in [0, 0.05) is 16.4 Å². The van der Waals surface area contributed by atoms with Crippen LogP contribution in [0.2, 0.25) is 0 Å². The van der Waals surface area contributed by atoms with Crippen molar-refractivity contribution in [2.75, 3.05) is 0 Å². The van der Waals surface area contributed by atoms with Gasteiger partial charge in [0.1, 0.15) is 6.33 Å². The number of aryl methyl sites for hydroxylation is 1. The van der Waals surface area contributed by atoms with Gasteiger partial charge in [0.2, 0.25) is 0 Å². The van der Waals surface area contributed by atoms with E-state index >= 15 is 0 Å². The number of halogens is 1. The third kappa shape index (κ3) is 2.88. The lowest BCUT2D eigenvalue weighted by Gasteiger charge is -2.09. The molecule has 1 N–H and O–H groups in total. The van der Waals surface area contributed by atoms with E-state index in [1.54, 1.807) is 11.6 Å². The molecule has 2 rings (SSSR count). The molecule has 6 heteroatoms. The van der Waals surface area contributed by atoms with E-state index in [4.69, 9.17) is 0 Å². The lowest BCUT2D eigenvalue weighted by molar-refractivity contribution is 0.198. The Balaban J connectivity index is 2.24. The average Bonchev–Trinajstić information content (AvgIpc) is 2.64. The van der Waals surface area contributed by atoms with Crippen LogP contribution in [0.1, 0.15) is 18.6 Å². The molecule has 0 aliphatic rings. The monoisotopic (exact) mass is 313 g/mol. The van der Waals surface area contributed by atoms with Crippen molar-refractivity contribution in [3.63, 3.8) is 0 Å². The molecule has 0 saturated carbocycles. The normalized spacial score (nSPS) is 12.7. The van der Waals surface area contributed by atoms with Crippen LogP contribution in [0, 0.1) is 0 Å². The minimum Gasteiger partial charge on any atom is -0.389 e. The van der Waals surface area contributed by atoms with E-state index in [2.05, 4.69) is 26.0 Å². The number of rotatable bonds is 3. The van der Waals surface area contributed by atoms with Gasteiger partial charge in [-0.05, 0) is 24.6 Å². The van der Waals surface area contributed by atoms with Crippen molar-refractivity contribution in [1.29, 1.82) is 0 Å². The van der Waals surface area contributed by atoms with Gasteiger partial charge in [0.25, 0.3) is 0 Å². The first kappa shape index (κ1) is 12.6.